The Morgan fingerprint density at radius 3 is 2.62 bits per heavy atom. The number of sulfonamides is 1. The smallest absolute Gasteiger partial charge is 0.259 e. The summed E-state index contributed by atoms with van der Waals surface area (Å²) in [5, 5.41) is 9.76. The topological polar surface area (TPSA) is 100 Å². The van der Waals surface area contributed by atoms with Gasteiger partial charge in [-0.3, -0.25) is 4.79 Å². The molecule has 8 nitrogen and oxygen atoms in total. The molecule has 0 fully saturated rings. The number of amides is 1. The van der Waals surface area contributed by atoms with Crippen molar-refractivity contribution >= 4 is 22.0 Å². The largest absolute Gasteiger partial charge is 0.472 e. The number of nitrogens with zero attached hydrogens (tertiary/aromatic N) is 3. The number of benzene rings is 1. The highest BCUT2D eigenvalue weighted by molar-refractivity contribution is 7.89. The molecule has 1 amide bonds. The summed E-state index contributed by atoms with van der Waals surface area (Å²) in [7, 11) is -2.21. The fourth-order valence-electron chi connectivity index (χ4n) is 3.86. The summed E-state index contributed by atoms with van der Waals surface area (Å²) in [5.41, 5.74) is 2.01. The minimum absolute atomic E-state index is 0.0741. The van der Waals surface area contributed by atoms with Crippen LogP contribution in [0.2, 0.25) is 0 Å². The van der Waals surface area contributed by atoms with Crippen molar-refractivity contribution in [3.8, 4) is 5.88 Å². The highest BCUT2D eigenvalue weighted by Crippen LogP contribution is 2.28. The Morgan fingerprint density at radius 2 is 2.00 bits per heavy atom. The van der Waals surface area contributed by atoms with Gasteiger partial charge in [0, 0.05) is 25.7 Å². The van der Waals surface area contributed by atoms with E-state index in [0.29, 0.717) is 6.54 Å². The molecule has 0 saturated carbocycles. The predicted molar refractivity (Wildman–Crippen MR) is 131 cm³/mol. The van der Waals surface area contributed by atoms with Gasteiger partial charge in [0.2, 0.25) is 15.9 Å². The van der Waals surface area contributed by atoms with Gasteiger partial charge in [0.05, 0.1) is 24.1 Å². The van der Waals surface area contributed by atoms with E-state index in [9.17, 15) is 18.3 Å². The number of likely N-dealkylation sites (N-methyl/N-ethyl adjacent to an activating group) is 1. The molecule has 3 atom stereocenters. The first-order valence-electron chi connectivity index (χ1n) is 11.3. The monoisotopic (exact) mass is 487 g/mol. The molecule has 3 rings (SSSR count). The van der Waals surface area contributed by atoms with Gasteiger partial charge in [-0.25, -0.2) is 13.4 Å². The third kappa shape index (κ3) is 5.48. The number of carbonyl (C=O) groups excluding carboxylic acids is 1. The van der Waals surface area contributed by atoms with Crippen molar-refractivity contribution in [2.24, 2.45) is 5.92 Å². The van der Waals surface area contributed by atoms with Crippen LogP contribution in [0.3, 0.4) is 0 Å². The van der Waals surface area contributed by atoms with Crippen molar-refractivity contribution in [3.63, 3.8) is 0 Å². The van der Waals surface area contributed by atoms with Crippen LogP contribution in [-0.4, -0.2) is 72.5 Å². The van der Waals surface area contributed by atoms with Gasteiger partial charge in [0.1, 0.15) is 11.7 Å². The number of allylic oxidation sites excluding steroid dienone is 1. The van der Waals surface area contributed by atoms with Crippen LogP contribution in [0.25, 0.3) is 6.08 Å². The lowest BCUT2D eigenvalue weighted by atomic mass is 10.00. The minimum atomic E-state index is -3.73. The molecule has 0 spiro atoms. The molecular formula is C25H33N3O5S. The van der Waals surface area contributed by atoms with Crippen molar-refractivity contribution in [2.45, 2.75) is 44.7 Å². The maximum Gasteiger partial charge on any atom is 0.259 e. The number of fused-ring (bicyclic) bond motifs is 1. The molecule has 1 aliphatic heterocycles. The fraction of sp³-hybridized carbons (Fsp3) is 0.440. The summed E-state index contributed by atoms with van der Waals surface area (Å²) in [6.07, 6.45) is 4.73. The third-order valence-electron chi connectivity index (χ3n) is 6.07. The van der Waals surface area contributed by atoms with Gasteiger partial charge >= 0.3 is 0 Å². The van der Waals surface area contributed by atoms with Crippen LogP contribution in [0, 0.1) is 12.8 Å². The van der Waals surface area contributed by atoms with Crippen LogP contribution in [-0.2, 0) is 10.0 Å². The van der Waals surface area contributed by atoms with Gasteiger partial charge in [-0.05, 0) is 44.5 Å². The number of aryl methyl sites for hydroxylation is 1. The lowest BCUT2D eigenvalue weighted by Gasteiger charge is -2.37. The predicted octanol–water partition coefficient (Wildman–Crippen LogP) is 2.96. The molecule has 9 heteroatoms. The van der Waals surface area contributed by atoms with E-state index in [-0.39, 0.29) is 41.3 Å². The summed E-state index contributed by atoms with van der Waals surface area (Å²) >= 11 is 0. The zero-order chi connectivity index (χ0) is 25.0. The van der Waals surface area contributed by atoms with Crippen LogP contribution in [0.15, 0.2) is 47.5 Å². The van der Waals surface area contributed by atoms with E-state index in [2.05, 4.69) is 4.98 Å². The van der Waals surface area contributed by atoms with Gasteiger partial charge in [0.15, 0.2) is 0 Å². The lowest BCUT2D eigenvalue weighted by Crippen LogP contribution is -2.50. The summed E-state index contributed by atoms with van der Waals surface area (Å²) in [4.78, 5) is 19.6. The normalized spacial score (nSPS) is 20.1. The van der Waals surface area contributed by atoms with Gasteiger partial charge in [-0.1, -0.05) is 36.8 Å². The van der Waals surface area contributed by atoms with Crippen LogP contribution in [0.1, 0.15) is 42.3 Å². The summed E-state index contributed by atoms with van der Waals surface area (Å²) in [5.74, 6) is -0.341. The Morgan fingerprint density at radius 1 is 1.32 bits per heavy atom. The van der Waals surface area contributed by atoms with Gasteiger partial charge in [-0.2, -0.15) is 4.31 Å². The molecule has 0 unspecified atom stereocenters. The van der Waals surface area contributed by atoms with Crippen molar-refractivity contribution in [3.05, 3.63) is 59.3 Å². The molecule has 1 aromatic carbocycles. The average Bonchev–Trinajstić information content (AvgIpc) is 2.81. The second-order valence-electron chi connectivity index (χ2n) is 8.84. The summed E-state index contributed by atoms with van der Waals surface area (Å²) in [6.45, 7) is 7.64. The fourth-order valence-corrected chi connectivity index (χ4v) is 5.04. The highest BCUT2D eigenvalue weighted by Gasteiger charge is 2.35. The molecule has 0 bridgehead atoms. The molecule has 1 aromatic heterocycles. The zero-order valence-corrected chi connectivity index (χ0v) is 21.1. The van der Waals surface area contributed by atoms with Crippen LogP contribution in [0.5, 0.6) is 5.88 Å². The van der Waals surface area contributed by atoms with Crippen LogP contribution < -0.4 is 4.74 Å². The molecule has 0 radical (unpaired) electrons. The number of hydrogen-bond acceptors (Lipinski definition) is 6. The number of carbonyl (C=O) groups is 1. The molecular weight excluding hydrogens is 454 g/mol. The number of pyridine rings is 1. The Kier molecular flexibility index (Phi) is 8.12. The van der Waals surface area contributed by atoms with E-state index in [4.69, 9.17) is 4.74 Å². The lowest BCUT2D eigenvalue weighted by molar-refractivity contribution is 0.0373. The number of hydrogen-bond donors (Lipinski definition) is 1. The van der Waals surface area contributed by atoms with Crippen molar-refractivity contribution in [1.29, 1.82) is 0 Å². The second-order valence-corrected chi connectivity index (χ2v) is 10.9. The SMILES string of the molecule is C/C=C/c1cnc2c(c1)C(=O)N([C@H](C)CO)C[C@@H](C)[C@@H](CN(C)S(=O)(=O)c1ccc(C)cc1)O2. The number of ether oxygens (including phenoxy) is 1. The minimum Gasteiger partial charge on any atom is -0.472 e. The van der Waals surface area contributed by atoms with Crippen molar-refractivity contribution < 1.29 is 23.1 Å². The summed E-state index contributed by atoms with van der Waals surface area (Å²) < 4.78 is 33.8. The van der Waals surface area contributed by atoms with E-state index in [1.165, 1.54) is 11.4 Å². The number of aliphatic hydroxyl groups is 1. The van der Waals surface area contributed by atoms with Gasteiger partial charge in [-0.15, -0.1) is 0 Å². The number of aromatic nitrogens is 1. The van der Waals surface area contributed by atoms with Gasteiger partial charge in [0.25, 0.3) is 5.91 Å². The molecule has 34 heavy (non-hydrogen) atoms. The Labute approximate surface area is 201 Å². The number of rotatable bonds is 7. The third-order valence-corrected chi connectivity index (χ3v) is 7.91. The average molecular weight is 488 g/mol. The van der Waals surface area contributed by atoms with E-state index in [1.807, 2.05) is 32.9 Å². The van der Waals surface area contributed by atoms with Crippen LogP contribution in [0.4, 0.5) is 0 Å². The molecule has 1 N–H and O–H groups in total. The zero-order valence-electron chi connectivity index (χ0n) is 20.3. The van der Waals surface area contributed by atoms with Crippen molar-refractivity contribution in [2.75, 3.05) is 26.7 Å². The van der Waals surface area contributed by atoms with E-state index >= 15 is 0 Å². The molecule has 184 valence electrons. The van der Waals surface area contributed by atoms with E-state index in [1.54, 1.807) is 48.4 Å². The highest BCUT2D eigenvalue weighted by atomic mass is 32.2. The molecule has 0 aliphatic carbocycles. The van der Waals surface area contributed by atoms with Gasteiger partial charge < -0.3 is 14.7 Å². The Balaban J connectivity index is 1.97. The van der Waals surface area contributed by atoms with Crippen molar-refractivity contribution in [1.82, 2.24) is 14.2 Å². The first-order valence-corrected chi connectivity index (χ1v) is 12.8. The first kappa shape index (κ1) is 25.9. The Bertz CT molecular complexity index is 1150. The van der Waals surface area contributed by atoms with E-state index < -0.39 is 22.2 Å². The first-order chi connectivity index (χ1) is 16.1. The second kappa shape index (κ2) is 10.7. The van der Waals surface area contributed by atoms with E-state index in [0.717, 1.165) is 11.1 Å². The molecule has 1 aliphatic rings. The maximum atomic E-state index is 13.4. The maximum absolute atomic E-state index is 13.4. The summed E-state index contributed by atoms with van der Waals surface area (Å²) in [6, 6.07) is 8.00. The standard InChI is InChI=1S/C25H33N3O5S/c1-6-7-20-12-22-24(26-13-20)33-23(18(3)14-28(25(22)30)19(4)16-29)15-27(5)34(31,32)21-10-8-17(2)9-11-21/h6-13,18-19,23,29H,14-16H2,1-5H3/b7-6+/t18-,19-,23-/m1/s1. The molecule has 2 heterocycles. The quantitative estimate of drug-likeness (QED) is 0.645. The molecule has 0 saturated heterocycles. The Hall–Kier alpha value is -2.75. The van der Waals surface area contributed by atoms with Crippen LogP contribution >= 0.6 is 0 Å². The number of aliphatic hydroxyl groups excluding tert-OH is 1. The molecule has 2 aromatic rings.